The van der Waals surface area contributed by atoms with E-state index < -0.39 is 15.9 Å². The number of hydrogen-bond acceptors (Lipinski definition) is 4. The number of aryl methyl sites for hydroxylation is 1. The van der Waals surface area contributed by atoms with Gasteiger partial charge in [-0.2, -0.15) is 0 Å². The molecule has 1 heterocycles. The van der Waals surface area contributed by atoms with Crippen molar-refractivity contribution in [3.05, 3.63) is 29.3 Å². The lowest BCUT2D eigenvalue weighted by Gasteiger charge is -2.13. The highest BCUT2D eigenvalue weighted by molar-refractivity contribution is 7.89. The maximum absolute atomic E-state index is 12.2. The smallest absolute Gasteiger partial charge is 0.249 e. The van der Waals surface area contributed by atoms with Crippen molar-refractivity contribution in [1.82, 2.24) is 10.0 Å². The average molecular weight is 283 g/mol. The van der Waals surface area contributed by atoms with E-state index in [0.29, 0.717) is 12.1 Å². The number of primary amides is 1. The number of sulfonamides is 1. The van der Waals surface area contributed by atoms with Gasteiger partial charge in [-0.25, -0.2) is 13.1 Å². The molecule has 1 atom stereocenters. The van der Waals surface area contributed by atoms with Gasteiger partial charge in [-0.1, -0.05) is 6.07 Å². The minimum atomic E-state index is -3.61. The molecule has 0 unspecified atom stereocenters. The first-order valence-electron chi connectivity index (χ1n) is 6.03. The van der Waals surface area contributed by atoms with Gasteiger partial charge in [-0.15, -0.1) is 0 Å². The van der Waals surface area contributed by atoms with Crippen LogP contribution in [0.1, 0.15) is 22.3 Å². The summed E-state index contributed by atoms with van der Waals surface area (Å²) in [5.74, 6) is -0.628. The fourth-order valence-electron chi connectivity index (χ4n) is 2.08. The van der Waals surface area contributed by atoms with Crippen molar-refractivity contribution in [2.24, 2.45) is 5.73 Å². The summed E-state index contributed by atoms with van der Waals surface area (Å²) in [6, 6.07) is 4.28. The van der Waals surface area contributed by atoms with E-state index in [9.17, 15) is 13.2 Å². The standard InChI is InChI=1S/C12H17N3O3S/c1-8-2-3-10(6-11(8)12(13)16)19(17,18)15-9-4-5-14-7-9/h2-3,6,9,14-15H,4-5,7H2,1H3,(H2,13,16)/t9-/m1/s1. The minimum Gasteiger partial charge on any atom is -0.366 e. The van der Waals surface area contributed by atoms with Crippen LogP contribution >= 0.6 is 0 Å². The monoisotopic (exact) mass is 283 g/mol. The van der Waals surface area contributed by atoms with Crippen molar-refractivity contribution in [3.8, 4) is 0 Å². The Morgan fingerprint density at radius 3 is 2.79 bits per heavy atom. The van der Waals surface area contributed by atoms with Gasteiger partial charge in [0.05, 0.1) is 4.90 Å². The molecule has 1 aliphatic heterocycles. The van der Waals surface area contributed by atoms with Gasteiger partial charge in [0, 0.05) is 18.2 Å². The number of hydrogen-bond donors (Lipinski definition) is 3. The topological polar surface area (TPSA) is 101 Å². The second-order valence-corrected chi connectivity index (χ2v) is 6.37. The van der Waals surface area contributed by atoms with Crippen molar-refractivity contribution in [2.75, 3.05) is 13.1 Å². The zero-order valence-electron chi connectivity index (χ0n) is 10.6. The van der Waals surface area contributed by atoms with E-state index >= 15 is 0 Å². The number of nitrogens with one attached hydrogen (secondary N) is 2. The quantitative estimate of drug-likeness (QED) is 0.708. The molecule has 7 heteroatoms. The van der Waals surface area contributed by atoms with Crippen molar-refractivity contribution < 1.29 is 13.2 Å². The number of rotatable bonds is 4. The molecule has 0 saturated carbocycles. The maximum Gasteiger partial charge on any atom is 0.249 e. The van der Waals surface area contributed by atoms with Crippen molar-refractivity contribution in [2.45, 2.75) is 24.3 Å². The molecule has 1 aliphatic rings. The second-order valence-electron chi connectivity index (χ2n) is 4.65. The number of nitrogens with two attached hydrogens (primary N) is 1. The number of carbonyl (C=O) groups is 1. The van der Waals surface area contributed by atoms with Gasteiger partial charge in [0.15, 0.2) is 0 Å². The Morgan fingerprint density at radius 2 is 2.21 bits per heavy atom. The molecule has 0 aliphatic carbocycles. The summed E-state index contributed by atoms with van der Waals surface area (Å²) in [6.45, 7) is 3.13. The van der Waals surface area contributed by atoms with Crippen molar-refractivity contribution in [1.29, 1.82) is 0 Å². The SMILES string of the molecule is Cc1ccc(S(=O)(=O)N[C@@H]2CCNC2)cc1C(N)=O. The van der Waals surface area contributed by atoms with Crippen LogP contribution < -0.4 is 15.8 Å². The Hall–Kier alpha value is -1.44. The lowest BCUT2D eigenvalue weighted by Crippen LogP contribution is -2.36. The summed E-state index contributed by atoms with van der Waals surface area (Å²) in [4.78, 5) is 11.3. The number of amides is 1. The van der Waals surface area contributed by atoms with Gasteiger partial charge >= 0.3 is 0 Å². The van der Waals surface area contributed by atoms with E-state index in [2.05, 4.69) is 10.0 Å². The molecule has 0 radical (unpaired) electrons. The molecular formula is C12H17N3O3S. The molecule has 19 heavy (non-hydrogen) atoms. The first-order valence-corrected chi connectivity index (χ1v) is 7.52. The fraction of sp³-hybridized carbons (Fsp3) is 0.417. The van der Waals surface area contributed by atoms with E-state index in [4.69, 9.17) is 5.73 Å². The molecule has 0 spiro atoms. The van der Waals surface area contributed by atoms with E-state index in [1.165, 1.54) is 12.1 Å². The zero-order valence-corrected chi connectivity index (χ0v) is 11.5. The van der Waals surface area contributed by atoms with E-state index in [1.807, 2.05) is 0 Å². The van der Waals surface area contributed by atoms with Crippen LogP contribution in [0.25, 0.3) is 0 Å². The van der Waals surface area contributed by atoms with Gasteiger partial charge in [-0.3, -0.25) is 4.79 Å². The predicted molar refractivity (Wildman–Crippen MR) is 71.3 cm³/mol. The molecule has 1 fully saturated rings. The molecule has 1 saturated heterocycles. The highest BCUT2D eigenvalue weighted by Gasteiger charge is 2.23. The first-order chi connectivity index (χ1) is 8.90. The van der Waals surface area contributed by atoms with Crippen LogP contribution in [0.5, 0.6) is 0 Å². The van der Waals surface area contributed by atoms with Crippen LogP contribution in [0.15, 0.2) is 23.1 Å². The summed E-state index contributed by atoms with van der Waals surface area (Å²) in [6.07, 6.45) is 0.758. The average Bonchev–Trinajstić information content (AvgIpc) is 2.80. The van der Waals surface area contributed by atoms with Gasteiger partial charge < -0.3 is 11.1 Å². The Morgan fingerprint density at radius 1 is 1.47 bits per heavy atom. The first kappa shape index (κ1) is 14.0. The Balaban J connectivity index is 2.29. The fourth-order valence-corrected chi connectivity index (χ4v) is 3.37. The highest BCUT2D eigenvalue weighted by atomic mass is 32.2. The lowest BCUT2D eigenvalue weighted by molar-refractivity contribution is 0.0999. The third-order valence-corrected chi connectivity index (χ3v) is 4.69. The van der Waals surface area contributed by atoms with Crippen LogP contribution in [-0.4, -0.2) is 33.5 Å². The van der Waals surface area contributed by atoms with Gasteiger partial charge in [-0.05, 0) is 37.6 Å². The van der Waals surface area contributed by atoms with Gasteiger partial charge in [0.25, 0.3) is 0 Å². The normalized spacial score (nSPS) is 19.5. The highest BCUT2D eigenvalue weighted by Crippen LogP contribution is 2.16. The lowest BCUT2D eigenvalue weighted by atomic mass is 10.1. The molecule has 6 nitrogen and oxygen atoms in total. The van der Waals surface area contributed by atoms with Crippen LogP contribution in [0.3, 0.4) is 0 Å². The minimum absolute atomic E-state index is 0.0683. The zero-order chi connectivity index (χ0) is 14.0. The molecule has 1 aromatic rings. The van der Waals surface area contributed by atoms with E-state index in [1.54, 1.807) is 13.0 Å². The largest absolute Gasteiger partial charge is 0.366 e. The Kier molecular flexibility index (Phi) is 3.88. The molecule has 1 aromatic carbocycles. The third-order valence-electron chi connectivity index (χ3n) is 3.17. The summed E-state index contributed by atoms with van der Waals surface area (Å²) in [5, 5.41) is 3.08. The van der Waals surface area contributed by atoms with E-state index in [0.717, 1.165) is 13.0 Å². The molecule has 2 rings (SSSR count). The number of benzene rings is 1. The Labute approximate surface area is 112 Å². The van der Waals surface area contributed by atoms with Crippen LogP contribution in [0, 0.1) is 6.92 Å². The van der Waals surface area contributed by atoms with Crippen molar-refractivity contribution >= 4 is 15.9 Å². The maximum atomic E-state index is 12.2. The third kappa shape index (κ3) is 3.12. The molecular weight excluding hydrogens is 266 g/mol. The molecule has 0 bridgehead atoms. The predicted octanol–water partition coefficient (Wildman–Crippen LogP) is -0.266. The Bertz CT molecular complexity index is 592. The van der Waals surface area contributed by atoms with Crippen LogP contribution in [0.2, 0.25) is 0 Å². The number of carbonyl (C=O) groups excluding carboxylic acids is 1. The van der Waals surface area contributed by atoms with E-state index in [-0.39, 0.29) is 16.5 Å². The van der Waals surface area contributed by atoms with Crippen LogP contribution in [-0.2, 0) is 10.0 Å². The summed E-state index contributed by atoms with van der Waals surface area (Å²) in [5.41, 5.74) is 6.12. The van der Waals surface area contributed by atoms with Gasteiger partial charge in [0.2, 0.25) is 15.9 Å². The molecule has 0 aromatic heterocycles. The summed E-state index contributed by atoms with van der Waals surface area (Å²) in [7, 11) is -3.61. The summed E-state index contributed by atoms with van der Waals surface area (Å²) < 4.78 is 27.0. The second kappa shape index (κ2) is 5.28. The summed E-state index contributed by atoms with van der Waals surface area (Å²) >= 11 is 0. The van der Waals surface area contributed by atoms with Crippen molar-refractivity contribution in [3.63, 3.8) is 0 Å². The molecule has 104 valence electrons. The van der Waals surface area contributed by atoms with Gasteiger partial charge in [0.1, 0.15) is 0 Å². The molecule has 4 N–H and O–H groups in total. The van der Waals surface area contributed by atoms with Crippen LogP contribution in [0.4, 0.5) is 0 Å². The molecule has 1 amide bonds.